The maximum atomic E-state index is 12.7. The number of likely N-dealkylation sites (tertiary alicyclic amines) is 1. The smallest absolute Gasteiger partial charge is 0.261 e. The van der Waals surface area contributed by atoms with Gasteiger partial charge in [0, 0.05) is 18.8 Å². The molecule has 1 aliphatic rings. The average molecular weight is 365 g/mol. The molecule has 27 heavy (non-hydrogen) atoms. The zero-order chi connectivity index (χ0) is 18.6. The van der Waals surface area contributed by atoms with Crippen LogP contribution in [0.2, 0.25) is 0 Å². The first-order chi connectivity index (χ1) is 13.2. The largest absolute Gasteiger partial charge is 0.471 e. The number of hydrogen-bond donors (Lipinski definition) is 0. The van der Waals surface area contributed by atoms with Gasteiger partial charge < -0.3 is 9.64 Å². The van der Waals surface area contributed by atoms with Crippen LogP contribution in [-0.2, 0) is 11.3 Å². The van der Waals surface area contributed by atoms with Crippen molar-refractivity contribution in [2.75, 3.05) is 13.1 Å². The standard InChI is InChI=1S/C19H19N5O3/c25-18(12-24-13-20-16-7-2-1-6-15(16)19(24)26)23-10-4-5-14(11-23)27-17-8-3-9-21-22-17/h1-3,6-9,13-14H,4-5,10-12H2/t14-/m0/s1. The topological polar surface area (TPSA) is 90.2 Å². The summed E-state index contributed by atoms with van der Waals surface area (Å²) >= 11 is 0. The van der Waals surface area contributed by atoms with E-state index in [1.807, 2.05) is 6.07 Å². The van der Waals surface area contributed by atoms with Crippen molar-refractivity contribution in [2.45, 2.75) is 25.5 Å². The number of fused-ring (bicyclic) bond motifs is 1. The molecule has 0 N–H and O–H groups in total. The number of para-hydroxylation sites is 1. The van der Waals surface area contributed by atoms with Crippen molar-refractivity contribution in [3.05, 3.63) is 59.3 Å². The molecule has 3 heterocycles. The average Bonchev–Trinajstić information content (AvgIpc) is 2.71. The van der Waals surface area contributed by atoms with Crippen molar-refractivity contribution in [3.63, 3.8) is 0 Å². The second-order valence-electron chi connectivity index (χ2n) is 6.48. The van der Waals surface area contributed by atoms with Crippen LogP contribution in [0.4, 0.5) is 0 Å². The van der Waals surface area contributed by atoms with Gasteiger partial charge in [-0.05, 0) is 31.0 Å². The Morgan fingerprint density at radius 2 is 2.11 bits per heavy atom. The molecule has 1 atom stereocenters. The van der Waals surface area contributed by atoms with E-state index >= 15 is 0 Å². The van der Waals surface area contributed by atoms with Gasteiger partial charge in [-0.25, -0.2) is 4.98 Å². The van der Waals surface area contributed by atoms with Crippen LogP contribution in [0.3, 0.4) is 0 Å². The van der Waals surface area contributed by atoms with Crippen molar-refractivity contribution < 1.29 is 9.53 Å². The number of carbonyl (C=O) groups is 1. The van der Waals surface area contributed by atoms with Crippen LogP contribution in [0, 0.1) is 0 Å². The third-order valence-electron chi connectivity index (χ3n) is 4.60. The summed E-state index contributed by atoms with van der Waals surface area (Å²) < 4.78 is 7.18. The number of nitrogens with zero attached hydrogens (tertiary/aromatic N) is 5. The maximum Gasteiger partial charge on any atom is 0.261 e. The Morgan fingerprint density at radius 1 is 1.22 bits per heavy atom. The van der Waals surface area contributed by atoms with E-state index in [1.165, 1.54) is 10.9 Å². The molecule has 0 bridgehead atoms. The highest BCUT2D eigenvalue weighted by atomic mass is 16.5. The van der Waals surface area contributed by atoms with Crippen LogP contribution < -0.4 is 10.3 Å². The monoisotopic (exact) mass is 365 g/mol. The first kappa shape index (κ1) is 17.1. The lowest BCUT2D eigenvalue weighted by Gasteiger charge is -2.32. The second-order valence-corrected chi connectivity index (χ2v) is 6.48. The number of piperidine rings is 1. The molecule has 1 aliphatic heterocycles. The quantitative estimate of drug-likeness (QED) is 0.691. The van der Waals surface area contributed by atoms with E-state index in [0.717, 1.165) is 12.8 Å². The molecule has 0 saturated carbocycles. The molecule has 4 rings (SSSR count). The Balaban J connectivity index is 1.45. The molecule has 8 nitrogen and oxygen atoms in total. The summed E-state index contributed by atoms with van der Waals surface area (Å²) in [5.41, 5.74) is 0.417. The molecular formula is C19H19N5O3. The van der Waals surface area contributed by atoms with Gasteiger partial charge in [-0.3, -0.25) is 14.2 Å². The van der Waals surface area contributed by atoms with Gasteiger partial charge in [0.05, 0.1) is 23.8 Å². The van der Waals surface area contributed by atoms with Gasteiger partial charge in [0.25, 0.3) is 5.56 Å². The Labute approximate surface area is 155 Å². The molecular weight excluding hydrogens is 346 g/mol. The molecule has 0 radical (unpaired) electrons. The van der Waals surface area contributed by atoms with E-state index in [4.69, 9.17) is 4.74 Å². The molecule has 1 fully saturated rings. The molecule has 0 aliphatic carbocycles. The number of carbonyl (C=O) groups excluding carboxylic acids is 1. The normalized spacial score (nSPS) is 17.0. The fraction of sp³-hybridized carbons (Fsp3) is 0.316. The molecule has 8 heteroatoms. The fourth-order valence-corrected chi connectivity index (χ4v) is 3.25. The molecule has 3 aromatic rings. The van der Waals surface area contributed by atoms with E-state index < -0.39 is 0 Å². The van der Waals surface area contributed by atoms with Crippen molar-refractivity contribution >= 4 is 16.8 Å². The SMILES string of the molecule is O=C(Cn1cnc2ccccc2c1=O)N1CCC[C@H](Oc2cccnn2)C1. The van der Waals surface area contributed by atoms with E-state index in [9.17, 15) is 9.59 Å². The third kappa shape index (κ3) is 3.79. The minimum Gasteiger partial charge on any atom is -0.471 e. The summed E-state index contributed by atoms with van der Waals surface area (Å²) in [5.74, 6) is 0.327. The predicted molar refractivity (Wildman–Crippen MR) is 98.3 cm³/mol. The molecule has 138 valence electrons. The summed E-state index contributed by atoms with van der Waals surface area (Å²) in [5, 5.41) is 8.23. The zero-order valence-electron chi connectivity index (χ0n) is 14.7. The van der Waals surface area contributed by atoms with Crippen molar-refractivity contribution in [1.82, 2.24) is 24.6 Å². The number of ether oxygens (including phenoxy) is 1. The van der Waals surface area contributed by atoms with Gasteiger partial charge >= 0.3 is 0 Å². The van der Waals surface area contributed by atoms with Crippen molar-refractivity contribution in [2.24, 2.45) is 0 Å². The maximum absolute atomic E-state index is 12.7. The van der Waals surface area contributed by atoms with Crippen LogP contribution in [-0.4, -0.2) is 49.7 Å². The summed E-state index contributed by atoms with van der Waals surface area (Å²) in [7, 11) is 0. The van der Waals surface area contributed by atoms with Crippen LogP contribution in [0.5, 0.6) is 5.88 Å². The molecule has 1 amide bonds. The first-order valence-corrected chi connectivity index (χ1v) is 8.87. The highest BCUT2D eigenvalue weighted by Gasteiger charge is 2.25. The zero-order valence-corrected chi connectivity index (χ0v) is 14.7. The van der Waals surface area contributed by atoms with Gasteiger partial charge in [0.1, 0.15) is 12.6 Å². The second kappa shape index (κ2) is 7.53. The first-order valence-electron chi connectivity index (χ1n) is 8.87. The lowest BCUT2D eigenvalue weighted by molar-refractivity contribution is -0.134. The van der Waals surface area contributed by atoms with E-state index in [0.29, 0.717) is 29.9 Å². The van der Waals surface area contributed by atoms with E-state index in [1.54, 1.807) is 41.4 Å². The Bertz CT molecular complexity index is 1000. The van der Waals surface area contributed by atoms with Gasteiger partial charge in [-0.1, -0.05) is 12.1 Å². The summed E-state index contributed by atoms with van der Waals surface area (Å²) in [6.45, 7) is 1.08. The van der Waals surface area contributed by atoms with Gasteiger partial charge in [0.2, 0.25) is 11.8 Å². The lowest BCUT2D eigenvalue weighted by atomic mass is 10.1. The van der Waals surface area contributed by atoms with Gasteiger partial charge in [-0.2, -0.15) is 5.10 Å². The minimum absolute atomic E-state index is 0.0332. The molecule has 0 unspecified atom stereocenters. The number of hydrogen-bond acceptors (Lipinski definition) is 6. The van der Waals surface area contributed by atoms with Gasteiger partial charge in [0.15, 0.2) is 0 Å². The summed E-state index contributed by atoms with van der Waals surface area (Å²) in [4.78, 5) is 31.3. The lowest BCUT2D eigenvalue weighted by Crippen LogP contribution is -2.46. The molecule has 2 aromatic heterocycles. The minimum atomic E-state index is -0.210. The van der Waals surface area contributed by atoms with E-state index in [2.05, 4.69) is 15.2 Å². The number of amides is 1. The van der Waals surface area contributed by atoms with Crippen LogP contribution in [0.15, 0.2) is 53.7 Å². The van der Waals surface area contributed by atoms with Gasteiger partial charge in [-0.15, -0.1) is 5.10 Å². The predicted octanol–water partition coefficient (Wildman–Crippen LogP) is 1.26. The molecule has 0 spiro atoms. The Kier molecular flexibility index (Phi) is 4.78. The van der Waals surface area contributed by atoms with Crippen molar-refractivity contribution in [3.8, 4) is 5.88 Å². The van der Waals surface area contributed by atoms with Crippen LogP contribution in [0.25, 0.3) is 10.9 Å². The summed E-state index contributed by atoms with van der Waals surface area (Å²) in [6, 6.07) is 10.6. The third-order valence-corrected chi connectivity index (χ3v) is 4.60. The summed E-state index contributed by atoms with van der Waals surface area (Å²) in [6.07, 6.45) is 4.56. The number of benzene rings is 1. The molecule has 1 saturated heterocycles. The highest BCUT2D eigenvalue weighted by molar-refractivity contribution is 5.79. The van der Waals surface area contributed by atoms with Crippen LogP contribution in [0.1, 0.15) is 12.8 Å². The Morgan fingerprint density at radius 3 is 2.96 bits per heavy atom. The van der Waals surface area contributed by atoms with Crippen LogP contribution >= 0.6 is 0 Å². The number of rotatable bonds is 4. The Hall–Kier alpha value is -3.29. The molecule has 1 aromatic carbocycles. The fourth-order valence-electron chi connectivity index (χ4n) is 3.25. The van der Waals surface area contributed by atoms with E-state index in [-0.39, 0.29) is 24.1 Å². The highest BCUT2D eigenvalue weighted by Crippen LogP contribution is 2.16. The van der Waals surface area contributed by atoms with Crippen molar-refractivity contribution in [1.29, 1.82) is 0 Å². The number of aromatic nitrogens is 4.